The molecule has 0 atom stereocenters. The monoisotopic (exact) mass is 267 g/mol. The van der Waals surface area contributed by atoms with Crippen molar-refractivity contribution in [3.8, 4) is 0 Å². The van der Waals surface area contributed by atoms with Crippen LogP contribution < -0.4 is 5.73 Å². The maximum Gasteiger partial charge on any atom is 0.0932 e. The average Bonchev–Trinajstić information content (AvgIpc) is 2.73. The van der Waals surface area contributed by atoms with Crippen LogP contribution >= 0.6 is 22.9 Å². The largest absolute Gasteiger partial charge is 0.399 e. The molecule has 0 aliphatic heterocycles. The Bertz CT molecular complexity index is 484. The van der Waals surface area contributed by atoms with Crippen molar-refractivity contribution in [1.29, 1.82) is 0 Å². The van der Waals surface area contributed by atoms with Gasteiger partial charge in [-0.3, -0.25) is 0 Å². The van der Waals surface area contributed by atoms with Crippen LogP contribution in [0.5, 0.6) is 0 Å². The van der Waals surface area contributed by atoms with Gasteiger partial charge in [0.05, 0.1) is 17.6 Å². The van der Waals surface area contributed by atoms with Crippen LogP contribution in [0.3, 0.4) is 0 Å². The van der Waals surface area contributed by atoms with E-state index in [0.29, 0.717) is 13.2 Å². The summed E-state index contributed by atoms with van der Waals surface area (Å²) in [7, 11) is 0. The minimum atomic E-state index is 0.615. The fourth-order valence-electron chi connectivity index (χ4n) is 1.55. The Hall–Kier alpha value is -1.03. The zero-order valence-electron chi connectivity index (χ0n) is 9.36. The molecule has 0 amide bonds. The molecule has 0 unspecified atom stereocenters. The van der Waals surface area contributed by atoms with Gasteiger partial charge in [0.2, 0.25) is 0 Å². The SMILES string of the molecule is Nc1ccccc1CCOCc1ccc(Cl)s1. The molecule has 2 N–H and O–H groups in total. The maximum absolute atomic E-state index is 5.85. The summed E-state index contributed by atoms with van der Waals surface area (Å²) in [6.45, 7) is 1.29. The van der Waals surface area contributed by atoms with Gasteiger partial charge in [0.1, 0.15) is 0 Å². The highest BCUT2D eigenvalue weighted by atomic mass is 35.5. The lowest BCUT2D eigenvalue weighted by atomic mass is 10.1. The van der Waals surface area contributed by atoms with Crippen LogP contribution in [0.1, 0.15) is 10.4 Å². The number of anilines is 1. The van der Waals surface area contributed by atoms with Gasteiger partial charge in [0.15, 0.2) is 0 Å². The fourth-order valence-corrected chi connectivity index (χ4v) is 2.57. The molecule has 1 aromatic carbocycles. The highest BCUT2D eigenvalue weighted by Crippen LogP contribution is 2.22. The summed E-state index contributed by atoms with van der Waals surface area (Å²) < 4.78 is 6.39. The number of rotatable bonds is 5. The van der Waals surface area contributed by atoms with Crippen LogP contribution in [0.25, 0.3) is 0 Å². The molecule has 2 nitrogen and oxygen atoms in total. The van der Waals surface area contributed by atoms with Crippen LogP contribution in [0.15, 0.2) is 36.4 Å². The first kappa shape index (κ1) is 12.4. The number of thiophene rings is 1. The molecule has 0 fully saturated rings. The Labute approximate surface area is 110 Å². The van der Waals surface area contributed by atoms with Crippen molar-refractivity contribution in [2.24, 2.45) is 0 Å². The van der Waals surface area contributed by atoms with Gasteiger partial charge in [-0.05, 0) is 30.2 Å². The second kappa shape index (κ2) is 6.05. The zero-order valence-corrected chi connectivity index (χ0v) is 10.9. The standard InChI is InChI=1S/C13H14ClNOS/c14-13-6-5-11(17-13)9-16-8-7-10-3-1-2-4-12(10)15/h1-6H,7-9,15H2. The number of para-hydroxylation sites is 1. The fraction of sp³-hybridized carbons (Fsp3) is 0.231. The molecule has 0 saturated heterocycles. The summed E-state index contributed by atoms with van der Waals surface area (Å²) in [4.78, 5) is 1.15. The van der Waals surface area contributed by atoms with E-state index in [1.54, 1.807) is 11.3 Å². The van der Waals surface area contributed by atoms with Crippen molar-refractivity contribution in [1.82, 2.24) is 0 Å². The first-order valence-electron chi connectivity index (χ1n) is 5.41. The van der Waals surface area contributed by atoms with E-state index in [1.807, 2.05) is 36.4 Å². The maximum atomic E-state index is 5.85. The lowest BCUT2D eigenvalue weighted by Crippen LogP contribution is -2.01. The number of ether oxygens (including phenoxy) is 1. The summed E-state index contributed by atoms with van der Waals surface area (Å²) in [5.74, 6) is 0. The quantitative estimate of drug-likeness (QED) is 0.662. The summed E-state index contributed by atoms with van der Waals surface area (Å²) in [5, 5.41) is 0. The second-order valence-electron chi connectivity index (χ2n) is 3.71. The smallest absolute Gasteiger partial charge is 0.0932 e. The molecule has 0 aliphatic carbocycles. The Morgan fingerprint density at radius 1 is 1.18 bits per heavy atom. The molecule has 0 spiro atoms. The number of hydrogen-bond acceptors (Lipinski definition) is 3. The highest BCUT2D eigenvalue weighted by molar-refractivity contribution is 7.16. The van der Waals surface area contributed by atoms with Crippen molar-refractivity contribution in [3.63, 3.8) is 0 Å². The van der Waals surface area contributed by atoms with E-state index in [9.17, 15) is 0 Å². The predicted molar refractivity (Wildman–Crippen MR) is 73.5 cm³/mol. The zero-order chi connectivity index (χ0) is 12.1. The van der Waals surface area contributed by atoms with E-state index in [-0.39, 0.29) is 0 Å². The van der Waals surface area contributed by atoms with E-state index in [4.69, 9.17) is 22.1 Å². The first-order valence-corrected chi connectivity index (χ1v) is 6.60. The van der Waals surface area contributed by atoms with Gasteiger partial charge in [-0.2, -0.15) is 0 Å². The van der Waals surface area contributed by atoms with Crippen molar-refractivity contribution >= 4 is 28.6 Å². The average molecular weight is 268 g/mol. The third-order valence-corrected chi connectivity index (χ3v) is 3.65. The Morgan fingerprint density at radius 2 is 2.00 bits per heavy atom. The summed E-state index contributed by atoms with van der Waals surface area (Å²) in [6, 6.07) is 11.7. The number of benzene rings is 1. The number of halogens is 1. The molecule has 90 valence electrons. The van der Waals surface area contributed by atoms with Crippen LogP contribution in [0, 0.1) is 0 Å². The molecule has 1 heterocycles. The normalized spacial score (nSPS) is 10.6. The number of nitrogens with two attached hydrogens (primary N) is 1. The van der Waals surface area contributed by atoms with Gasteiger partial charge in [0, 0.05) is 10.6 Å². The van der Waals surface area contributed by atoms with Crippen molar-refractivity contribution in [2.45, 2.75) is 13.0 Å². The van der Waals surface area contributed by atoms with Gasteiger partial charge < -0.3 is 10.5 Å². The minimum Gasteiger partial charge on any atom is -0.399 e. The predicted octanol–water partition coefficient (Wildman–Crippen LogP) is 3.74. The summed E-state index contributed by atoms with van der Waals surface area (Å²) in [5.41, 5.74) is 7.81. The van der Waals surface area contributed by atoms with E-state index in [2.05, 4.69) is 0 Å². The molecule has 4 heteroatoms. The summed E-state index contributed by atoms with van der Waals surface area (Å²) >= 11 is 7.39. The molecule has 0 saturated carbocycles. The molecule has 2 aromatic rings. The van der Waals surface area contributed by atoms with Crippen molar-refractivity contribution in [3.05, 3.63) is 51.2 Å². The summed E-state index contributed by atoms with van der Waals surface area (Å²) in [6.07, 6.45) is 0.839. The van der Waals surface area contributed by atoms with E-state index >= 15 is 0 Å². The topological polar surface area (TPSA) is 35.2 Å². The minimum absolute atomic E-state index is 0.615. The van der Waals surface area contributed by atoms with Crippen LogP contribution in [0.4, 0.5) is 5.69 Å². The van der Waals surface area contributed by atoms with E-state index in [1.165, 1.54) is 0 Å². The molecule has 0 radical (unpaired) electrons. The lowest BCUT2D eigenvalue weighted by Gasteiger charge is -2.05. The van der Waals surface area contributed by atoms with Crippen molar-refractivity contribution in [2.75, 3.05) is 12.3 Å². The third kappa shape index (κ3) is 3.73. The van der Waals surface area contributed by atoms with Crippen LogP contribution in [-0.4, -0.2) is 6.61 Å². The molecule has 2 rings (SSSR count). The molecule has 1 aromatic heterocycles. The Balaban J connectivity index is 1.75. The molecular formula is C13H14ClNOS. The van der Waals surface area contributed by atoms with E-state index < -0.39 is 0 Å². The first-order chi connectivity index (χ1) is 8.25. The number of hydrogen-bond donors (Lipinski definition) is 1. The van der Waals surface area contributed by atoms with Crippen molar-refractivity contribution < 1.29 is 4.74 Å². The third-order valence-electron chi connectivity index (χ3n) is 2.44. The molecule has 0 bridgehead atoms. The molecular weight excluding hydrogens is 254 g/mol. The Morgan fingerprint density at radius 3 is 2.71 bits per heavy atom. The van der Waals surface area contributed by atoms with Gasteiger partial charge >= 0.3 is 0 Å². The molecule has 0 aliphatic rings. The lowest BCUT2D eigenvalue weighted by molar-refractivity contribution is 0.126. The highest BCUT2D eigenvalue weighted by Gasteiger charge is 2.00. The van der Waals surface area contributed by atoms with Gasteiger partial charge in [-0.15, -0.1) is 11.3 Å². The number of nitrogen functional groups attached to an aromatic ring is 1. The second-order valence-corrected chi connectivity index (χ2v) is 5.51. The van der Waals surface area contributed by atoms with Gasteiger partial charge in [0.25, 0.3) is 0 Å². The van der Waals surface area contributed by atoms with Gasteiger partial charge in [-0.1, -0.05) is 29.8 Å². The molecule has 17 heavy (non-hydrogen) atoms. The van der Waals surface area contributed by atoms with Gasteiger partial charge in [-0.25, -0.2) is 0 Å². The van der Waals surface area contributed by atoms with E-state index in [0.717, 1.165) is 26.9 Å². The Kier molecular flexibility index (Phi) is 4.42. The van der Waals surface area contributed by atoms with Crippen LogP contribution in [0.2, 0.25) is 4.34 Å². The van der Waals surface area contributed by atoms with Crippen LogP contribution in [-0.2, 0) is 17.8 Å².